The number of likely N-dealkylation sites (tertiary alicyclic amines) is 1. The van der Waals surface area contributed by atoms with Crippen LogP contribution in [0.2, 0.25) is 0 Å². The summed E-state index contributed by atoms with van der Waals surface area (Å²) in [5.74, 6) is 1.77. The molecule has 2 fully saturated rings. The summed E-state index contributed by atoms with van der Waals surface area (Å²) in [5, 5.41) is 0. The fourth-order valence-corrected chi connectivity index (χ4v) is 3.02. The van der Waals surface area contributed by atoms with E-state index in [4.69, 9.17) is 5.73 Å². The second kappa shape index (κ2) is 4.19. The van der Waals surface area contributed by atoms with Crippen molar-refractivity contribution in [3.05, 3.63) is 0 Å². The van der Waals surface area contributed by atoms with Gasteiger partial charge >= 0.3 is 0 Å². The minimum Gasteiger partial charge on any atom is -0.329 e. The summed E-state index contributed by atoms with van der Waals surface area (Å²) in [4.78, 5) is 2.68. The number of rotatable bonds is 3. The van der Waals surface area contributed by atoms with Crippen molar-refractivity contribution in [2.24, 2.45) is 17.6 Å². The van der Waals surface area contributed by atoms with E-state index in [-0.39, 0.29) is 0 Å². The molecule has 2 nitrogen and oxygen atoms in total. The third kappa shape index (κ3) is 1.70. The van der Waals surface area contributed by atoms with Gasteiger partial charge in [-0.1, -0.05) is 13.3 Å². The van der Waals surface area contributed by atoms with Crippen LogP contribution in [0.3, 0.4) is 0 Å². The normalized spacial score (nSPS) is 37.1. The Bertz CT molecular complexity index is 189. The number of hydrogen-bond donors (Lipinski definition) is 1. The highest BCUT2D eigenvalue weighted by molar-refractivity contribution is 4.92. The Kier molecular flexibility index (Phi) is 3.13. The van der Waals surface area contributed by atoms with Gasteiger partial charge in [-0.2, -0.15) is 0 Å². The monoisotopic (exact) mass is 196 g/mol. The van der Waals surface area contributed by atoms with Gasteiger partial charge in [-0.3, -0.25) is 4.90 Å². The predicted octanol–water partition coefficient (Wildman–Crippen LogP) is 1.84. The molecule has 0 aromatic heterocycles. The zero-order chi connectivity index (χ0) is 10.1. The van der Waals surface area contributed by atoms with Gasteiger partial charge in [0.2, 0.25) is 0 Å². The first-order valence-corrected chi connectivity index (χ1v) is 6.20. The van der Waals surface area contributed by atoms with Gasteiger partial charge in [0.15, 0.2) is 0 Å². The molecule has 1 aliphatic heterocycles. The van der Waals surface area contributed by atoms with Crippen LogP contribution in [0.5, 0.6) is 0 Å². The molecule has 2 rings (SSSR count). The van der Waals surface area contributed by atoms with E-state index in [0.29, 0.717) is 6.04 Å². The van der Waals surface area contributed by atoms with Gasteiger partial charge < -0.3 is 5.73 Å². The first-order chi connectivity index (χ1) is 6.74. The molecule has 3 atom stereocenters. The average molecular weight is 196 g/mol. The highest BCUT2D eigenvalue weighted by atomic mass is 15.2. The minimum atomic E-state index is 0.684. The molecule has 1 aliphatic carbocycles. The smallest absolute Gasteiger partial charge is 0.0249 e. The van der Waals surface area contributed by atoms with Crippen LogP contribution in [0.15, 0.2) is 0 Å². The summed E-state index contributed by atoms with van der Waals surface area (Å²) in [6, 6.07) is 1.44. The van der Waals surface area contributed by atoms with Gasteiger partial charge in [-0.25, -0.2) is 0 Å². The molecular weight excluding hydrogens is 172 g/mol. The fourth-order valence-electron chi connectivity index (χ4n) is 3.02. The molecular formula is C12H24N2. The van der Waals surface area contributed by atoms with E-state index in [9.17, 15) is 0 Å². The third-order valence-corrected chi connectivity index (χ3v) is 4.55. The summed E-state index contributed by atoms with van der Waals surface area (Å²) in [7, 11) is 0. The zero-order valence-corrected chi connectivity index (χ0v) is 9.58. The molecule has 2 N–H and O–H groups in total. The number of nitrogens with two attached hydrogens (primary N) is 1. The van der Waals surface area contributed by atoms with Crippen LogP contribution in [0.25, 0.3) is 0 Å². The molecule has 0 bridgehead atoms. The maximum atomic E-state index is 5.93. The predicted molar refractivity (Wildman–Crippen MR) is 60.1 cm³/mol. The van der Waals surface area contributed by atoms with Crippen molar-refractivity contribution in [3.63, 3.8) is 0 Å². The van der Waals surface area contributed by atoms with E-state index in [1.54, 1.807) is 0 Å². The van der Waals surface area contributed by atoms with E-state index in [0.717, 1.165) is 24.4 Å². The van der Waals surface area contributed by atoms with Crippen molar-refractivity contribution >= 4 is 0 Å². The average Bonchev–Trinajstić information content (AvgIpc) is 2.41. The van der Waals surface area contributed by atoms with Crippen LogP contribution in [-0.2, 0) is 0 Å². The Morgan fingerprint density at radius 2 is 2.00 bits per heavy atom. The maximum Gasteiger partial charge on any atom is 0.0249 e. The SMILES string of the molecule is CC1CCN(C(CN)C2CCC2)C1C. The lowest BCUT2D eigenvalue weighted by Crippen LogP contribution is -2.49. The lowest BCUT2D eigenvalue weighted by molar-refractivity contribution is 0.0889. The summed E-state index contributed by atoms with van der Waals surface area (Å²) < 4.78 is 0. The third-order valence-electron chi connectivity index (χ3n) is 4.55. The van der Waals surface area contributed by atoms with Crippen LogP contribution in [-0.4, -0.2) is 30.1 Å². The molecule has 0 amide bonds. The van der Waals surface area contributed by atoms with Gasteiger partial charge in [-0.15, -0.1) is 0 Å². The van der Waals surface area contributed by atoms with Gasteiger partial charge in [0.25, 0.3) is 0 Å². The molecule has 2 heteroatoms. The molecule has 1 saturated carbocycles. The van der Waals surface area contributed by atoms with Gasteiger partial charge in [0, 0.05) is 18.6 Å². The molecule has 2 aliphatic rings. The van der Waals surface area contributed by atoms with Crippen LogP contribution >= 0.6 is 0 Å². The molecule has 1 saturated heterocycles. The molecule has 0 aromatic rings. The van der Waals surface area contributed by atoms with Gasteiger partial charge in [-0.05, 0) is 44.6 Å². The highest BCUT2D eigenvalue weighted by Crippen LogP contribution is 2.36. The lowest BCUT2D eigenvalue weighted by Gasteiger charge is -2.41. The topological polar surface area (TPSA) is 29.3 Å². The quantitative estimate of drug-likeness (QED) is 0.746. The molecule has 0 spiro atoms. The molecule has 0 aromatic carbocycles. The summed E-state index contributed by atoms with van der Waals surface area (Å²) in [6.07, 6.45) is 5.63. The van der Waals surface area contributed by atoms with Crippen LogP contribution in [0.1, 0.15) is 39.5 Å². The lowest BCUT2D eigenvalue weighted by atomic mass is 9.79. The maximum absolute atomic E-state index is 5.93. The van der Waals surface area contributed by atoms with Crippen molar-refractivity contribution in [2.45, 2.75) is 51.6 Å². The van der Waals surface area contributed by atoms with Crippen molar-refractivity contribution in [2.75, 3.05) is 13.1 Å². The van der Waals surface area contributed by atoms with E-state index in [1.165, 1.54) is 32.2 Å². The number of hydrogen-bond acceptors (Lipinski definition) is 2. The van der Waals surface area contributed by atoms with Crippen molar-refractivity contribution in [1.82, 2.24) is 4.90 Å². The standard InChI is InChI=1S/C12H24N2/c1-9-6-7-14(10(9)2)12(8-13)11-4-3-5-11/h9-12H,3-8,13H2,1-2H3. The van der Waals surface area contributed by atoms with E-state index < -0.39 is 0 Å². The summed E-state index contributed by atoms with van der Waals surface area (Å²) >= 11 is 0. The Hall–Kier alpha value is -0.0800. The first-order valence-electron chi connectivity index (χ1n) is 6.20. The van der Waals surface area contributed by atoms with Crippen LogP contribution in [0.4, 0.5) is 0 Å². The molecule has 0 radical (unpaired) electrons. The van der Waals surface area contributed by atoms with Crippen molar-refractivity contribution in [3.8, 4) is 0 Å². The minimum absolute atomic E-state index is 0.684. The molecule has 3 unspecified atom stereocenters. The highest BCUT2D eigenvalue weighted by Gasteiger charge is 2.37. The molecule has 1 heterocycles. The summed E-state index contributed by atoms with van der Waals surface area (Å²) in [5.41, 5.74) is 5.93. The molecule has 14 heavy (non-hydrogen) atoms. The largest absolute Gasteiger partial charge is 0.329 e. The van der Waals surface area contributed by atoms with E-state index in [2.05, 4.69) is 18.7 Å². The molecule has 82 valence electrons. The Morgan fingerprint density at radius 3 is 2.36 bits per heavy atom. The number of nitrogens with zero attached hydrogens (tertiary/aromatic N) is 1. The van der Waals surface area contributed by atoms with E-state index in [1.807, 2.05) is 0 Å². The van der Waals surface area contributed by atoms with Gasteiger partial charge in [0.05, 0.1) is 0 Å². The van der Waals surface area contributed by atoms with Crippen molar-refractivity contribution in [1.29, 1.82) is 0 Å². The fraction of sp³-hybridized carbons (Fsp3) is 1.00. The first kappa shape index (κ1) is 10.4. The van der Waals surface area contributed by atoms with Crippen LogP contribution < -0.4 is 5.73 Å². The Morgan fingerprint density at radius 1 is 1.29 bits per heavy atom. The van der Waals surface area contributed by atoms with Crippen LogP contribution in [0, 0.1) is 11.8 Å². The second-order valence-corrected chi connectivity index (χ2v) is 5.24. The van der Waals surface area contributed by atoms with Crippen molar-refractivity contribution < 1.29 is 0 Å². The zero-order valence-electron chi connectivity index (χ0n) is 9.58. The van der Waals surface area contributed by atoms with Gasteiger partial charge in [0.1, 0.15) is 0 Å². The summed E-state index contributed by atoms with van der Waals surface area (Å²) in [6.45, 7) is 6.89. The second-order valence-electron chi connectivity index (χ2n) is 5.24. The van der Waals surface area contributed by atoms with E-state index >= 15 is 0 Å². The Labute approximate surface area is 87.8 Å². The Balaban J connectivity index is 1.97.